The van der Waals surface area contributed by atoms with E-state index in [2.05, 4.69) is 36.0 Å². The zero-order valence-electron chi connectivity index (χ0n) is 10.7. The minimum absolute atomic E-state index is 0.108. The molecule has 0 amide bonds. The van der Waals surface area contributed by atoms with E-state index in [1.165, 1.54) is 25.7 Å². The lowest BCUT2D eigenvalue weighted by Gasteiger charge is -2.26. The highest BCUT2D eigenvalue weighted by molar-refractivity contribution is 5.17. The third kappa shape index (κ3) is 3.22. The van der Waals surface area contributed by atoms with E-state index in [0.717, 1.165) is 18.7 Å². The van der Waals surface area contributed by atoms with Crippen molar-refractivity contribution in [2.45, 2.75) is 64.7 Å². The number of aromatic nitrogens is 3. The zero-order chi connectivity index (χ0) is 12.0. The molecule has 0 spiro atoms. The number of nitrogen functional groups attached to an aromatic ring is 1. The summed E-state index contributed by atoms with van der Waals surface area (Å²) >= 11 is 0. The molecule has 0 unspecified atom stereocenters. The number of hydrogen-bond acceptors (Lipinski definition) is 3. The van der Waals surface area contributed by atoms with Crippen LogP contribution in [-0.4, -0.2) is 15.2 Å². The number of anilines is 1. The first-order valence-corrected chi connectivity index (χ1v) is 6.30. The van der Waals surface area contributed by atoms with Gasteiger partial charge in [0.1, 0.15) is 5.82 Å². The molecule has 0 aromatic carbocycles. The van der Waals surface area contributed by atoms with Crippen molar-refractivity contribution in [2.24, 2.45) is 0 Å². The molecule has 1 aromatic rings. The predicted molar refractivity (Wildman–Crippen MR) is 67.2 cm³/mol. The van der Waals surface area contributed by atoms with Gasteiger partial charge in [0.2, 0.25) is 5.95 Å². The van der Waals surface area contributed by atoms with Crippen LogP contribution in [0.4, 0.5) is 5.95 Å². The summed E-state index contributed by atoms with van der Waals surface area (Å²) in [7, 11) is 0. The first-order valence-electron chi connectivity index (χ1n) is 6.30. The maximum absolute atomic E-state index is 5.58. The van der Waals surface area contributed by atoms with Gasteiger partial charge >= 0.3 is 0 Å². The van der Waals surface area contributed by atoms with Gasteiger partial charge in [-0.15, -0.1) is 5.10 Å². The molecule has 0 saturated heterocycles. The SMILES string of the molecule is CCCCC(C)(CCCC)c1nc(N)n[nH]1. The molecule has 1 rings (SSSR count). The Bertz CT molecular complexity index is 298. The van der Waals surface area contributed by atoms with Gasteiger partial charge in [-0.1, -0.05) is 46.5 Å². The summed E-state index contributed by atoms with van der Waals surface area (Å²) in [4.78, 5) is 4.30. The Balaban J connectivity index is 2.76. The predicted octanol–water partition coefficient (Wildman–Crippen LogP) is 3.03. The van der Waals surface area contributed by atoms with Gasteiger partial charge in [0, 0.05) is 5.41 Å². The van der Waals surface area contributed by atoms with E-state index < -0.39 is 0 Å². The molecular weight excluding hydrogens is 200 g/mol. The van der Waals surface area contributed by atoms with Crippen molar-refractivity contribution in [3.63, 3.8) is 0 Å². The molecule has 0 atom stereocenters. The Morgan fingerprint density at radius 1 is 1.19 bits per heavy atom. The molecule has 1 aromatic heterocycles. The average molecular weight is 224 g/mol. The van der Waals surface area contributed by atoms with Crippen LogP contribution in [0.3, 0.4) is 0 Å². The minimum Gasteiger partial charge on any atom is -0.367 e. The fourth-order valence-electron chi connectivity index (χ4n) is 2.04. The Kier molecular flexibility index (Phi) is 4.77. The second-order valence-electron chi connectivity index (χ2n) is 4.81. The number of nitrogens with zero attached hydrogens (tertiary/aromatic N) is 2. The van der Waals surface area contributed by atoms with E-state index in [-0.39, 0.29) is 5.41 Å². The van der Waals surface area contributed by atoms with E-state index >= 15 is 0 Å². The number of nitrogens with two attached hydrogens (primary N) is 1. The van der Waals surface area contributed by atoms with E-state index in [4.69, 9.17) is 5.73 Å². The van der Waals surface area contributed by atoms with Crippen LogP contribution < -0.4 is 5.73 Å². The van der Waals surface area contributed by atoms with Gasteiger partial charge in [0.05, 0.1) is 0 Å². The van der Waals surface area contributed by atoms with Crippen molar-refractivity contribution >= 4 is 5.95 Å². The normalized spacial score (nSPS) is 11.9. The lowest BCUT2D eigenvalue weighted by molar-refractivity contribution is 0.355. The quantitative estimate of drug-likeness (QED) is 0.748. The molecule has 0 aliphatic heterocycles. The van der Waals surface area contributed by atoms with E-state index in [1.54, 1.807) is 0 Å². The van der Waals surface area contributed by atoms with Crippen molar-refractivity contribution in [1.29, 1.82) is 0 Å². The number of rotatable bonds is 7. The maximum atomic E-state index is 5.58. The number of aromatic amines is 1. The molecule has 4 heteroatoms. The summed E-state index contributed by atoms with van der Waals surface area (Å²) in [6.07, 6.45) is 7.18. The van der Waals surface area contributed by atoms with Crippen LogP contribution in [0.2, 0.25) is 0 Å². The Morgan fingerprint density at radius 2 is 1.75 bits per heavy atom. The summed E-state index contributed by atoms with van der Waals surface area (Å²) < 4.78 is 0. The van der Waals surface area contributed by atoms with E-state index in [9.17, 15) is 0 Å². The second-order valence-corrected chi connectivity index (χ2v) is 4.81. The van der Waals surface area contributed by atoms with Crippen LogP contribution >= 0.6 is 0 Å². The third-order valence-corrected chi connectivity index (χ3v) is 3.24. The van der Waals surface area contributed by atoms with E-state index in [0.29, 0.717) is 5.95 Å². The number of unbranched alkanes of at least 4 members (excludes halogenated alkanes) is 2. The first-order chi connectivity index (χ1) is 7.62. The molecule has 1 heterocycles. The average Bonchev–Trinajstić information content (AvgIpc) is 2.71. The van der Waals surface area contributed by atoms with Gasteiger partial charge in [0.25, 0.3) is 0 Å². The standard InChI is InChI=1S/C12H24N4/c1-4-6-8-12(3,9-7-5-2)10-14-11(13)16-15-10/h4-9H2,1-3H3,(H3,13,14,15,16). The largest absolute Gasteiger partial charge is 0.367 e. The minimum atomic E-state index is 0.108. The number of hydrogen-bond donors (Lipinski definition) is 2. The van der Waals surface area contributed by atoms with Crippen molar-refractivity contribution in [3.8, 4) is 0 Å². The smallest absolute Gasteiger partial charge is 0.239 e. The van der Waals surface area contributed by atoms with Gasteiger partial charge in [-0.2, -0.15) is 4.98 Å². The summed E-state index contributed by atoms with van der Waals surface area (Å²) in [5, 5.41) is 6.92. The molecule has 0 aliphatic carbocycles. The lowest BCUT2D eigenvalue weighted by Crippen LogP contribution is -2.24. The highest BCUT2D eigenvalue weighted by Crippen LogP contribution is 2.32. The fourth-order valence-corrected chi connectivity index (χ4v) is 2.04. The third-order valence-electron chi connectivity index (χ3n) is 3.24. The Morgan fingerprint density at radius 3 is 2.12 bits per heavy atom. The van der Waals surface area contributed by atoms with Crippen molar-refractivity contribution < 1.29 is 0 Å². The Labute approximate surface area is 98.0 Å². The van der Waals surface area contributed by atoms with Crippen molar-refractivity contribution in [2.75, 3.05) is 5.73 Å². The molecule has 92 valence electrons. The Hall–Kier alpha value is -1.06. The summed E-state index contributed by atoms with van der Waals surface area (Å²) in [6.45, 7) is 6.70. The molecule has 4 nitrogen and oxygen atoms in total. The van der Waals surface area contributed by atoms with Crippen molar-refractivity contribution in [3.05, 3.63) is 5.82 Å². The molecule has 0 fully saturated rings. The summed E-state index contributed by atoms with van der Waals surface area (Å²) in [6, 6.07) is 0. The van der Waals surface area contributed by atoms with Crippen LogP contribution in [0, 0.1) is 0 Å². The van der Waals surface area contributed by atoms with Gasteiger partial charge in [-0.25, -0.2) is 0 Å². The van der Waals surface area contributed by atoms with Crippen LogP contribution in [0.1, 0.15) is 65.1 Å². The van der Waals surface area contributed by atoms with Crippen LogP contribution in [0.25, 0.3) is 0 Å². The van der Waals surface area contributed by atoms with Gasteiger partial charge in [-0.3, -0.25) is 5.10 Å². The van der Waals surface area contributed by atoms with Gasteiger partial charge in [-0.05, 0) is 12.8 Å². The lowest BCUT2D eigenvalue weighted by atomic mass is 9.79. The molecular formula is C12H24N4. The number of nitrogens with one attached hydrogen (secondary N) is 1. The maximum Gasteiger partial charge on any atom is 0.239 e. The van der Waals surface area contributed by atoms with Gasteiger partial charge in [0.15, 0.2) is 0 Å². The topological polar surface area (TPSA) is 67.6 Å². The highest BCUT2D eigenvalue weighted by atomic mass is 15.3. The van der Waals surface area contributed by atoms with Crippen LogP contribution in [0.15, 0.2) is 0 Å². The molecule has 0 radical (unpaired) electrons. The molecule has 0 aliphatic rings. The number of H-pyrrole nitrogens is 1. The summed E-state index contributed by atoms with van der Waals surface area (Å²) in [5.74, 6) is 1.31. The van der Waals surface area contributed by atoms with Crippen LogP contribution in [-0.2, 0) is 5.41 Å². The monoisotopic (exact) mass is 224 g/mol. The second kappa shape index (κ2) is 5.87. The summed E-state index contributed by atoms with van der Waals surface area (Å²) in [5.41, 5.74) is 5.69. The van der Waals surface area contributed by atoms with Crippen molar-refractivity contribution in [1.82, 2.24) is 15.2 Å². The first kappa shape index (κ1) is 13.0. The molecule has 0 bridgehead atoms. The fraction of sp³-hybridized carbons (Fsp3) is 0.833. The van der Waals surface area contributed by atoms with E-state index in [1.807, 2.05) is 0 Å². The molecule has 16 heavy (non-hydrogen) atoms. The molecule has 3 N–H and O–H groups in total. The van der Waals surface area contributed by atoms with Gasteiger partial charge < -0.3 is 5.73 Å². The highest BCUT2D eigenvalue weighted by Gasteiger charge is 2.28. The zero-order valence-corrected chi connectivity index (χ0v) is 10.7. The van der Waals surface area contributed by atoms with Crippen LogP contribution in [0.5, 0.6) is 0 Å². The molecule has 0 saturated carbocycles.